The van der Waals surface area contributed by atoms with Crippen molar-refractivity contribution < 1.29 is 14.3 Å². The Bertz CT molecular complexity index is 1180. The molecule has 4 N–H and O–H groups in total. The summed E-state index contributed by atoms with van der Waals surface area (Å²) in [5, 5.41) is 11.9. The van der Waals surface area contributed by atoms with Crippen molar-refractivity contribution in [2.24, 2.45) is 0 Å². The zero-order valence-corrected chi connectivity index (χ0v) is 20.2. The molecular formula is C24H27ClN6O3. The number of hydrogen-bond donors (Lipinski definition) is 4. The summed E-state index contributed by atoms with van der Waals surface area (Å²) in [5.41, 5.74) is 2.04. The predicted octanol–water partition coefficient (Wildman–Crippen LogP) is 5.00. The molecule has 0 bridgehead atoms. The number of alkyl carbamates (subject to hydrolysis) is 1. The summed E-state index contributed by atoms with van der Waals surface area (Å²) in [6.07, 6.45) is 0.981. The second kappa shape index (κ2) is 10.8. The second-order valence-corrected chi connectivity index (χ2v) is 8.73. The van der Waals surface area contributed by atoms with Crippen molar-refractivity contribution in [1.82, 2.24) is 20.6 Å². The van der Waals surface area contributed by atoms with E-state index in [0.717, 1.165) is 11.3 Å². The number of halogens is 1. The van der Waals surface area contributed by atoms with Gasteiger partial charge in [0.15, 0.2) is 5.82 Å². The van der Waals surface area contributed by atoms with Gasteiger partial charge < -0.3 is 26.0 Å². The van der Waals surface area contributed by atoms with E-state index in [4.69, 9.17) is 16.3 Å². The smallest absolute Gasteiger partial charge is 0.407 e. The highest BCUT2D eigenvalue weighted by molar-refractivity contribution is 6.33. The molecule has 0 aliphatic rings. The van der Waals surface area contributed by atoms with Gasteiger partial charge in [-0.05, 0) is 50.6 Å². The van der Waals surface area contributed by atoms with Gasteiger partial charge in [-0.25, -0.2) is 9.78 Å². The first-order valence-corrected chi connectivity index (χ1v) is 11.0. The highest BCUT2D eigenvalue weighted by Crippen LogP contribution is 2.27. The van der Waals surface area contributed by atoms with E-state index in [-0.39, 0.29) is 5.91 Å². The van der Waals surface area contributed by atoms with Crippen molar-refractivity contribution >= 4 is 46.7 Å². The fourth-order valence-electron chi connectivity index (χ4n) is 2.94. The first kappa shape index (κ1) is 24.8. The van der Waals surface area contributed by atoms with E-state index < -0.39 is 11.7 Å². The first-order valence-electron chi connectivity index (χ1n) is 10.6. The van der Waals surface area contributed by atoms with E-state index in [0.29, 0.717) is 34.6 Å². The van der Waals surface area contributed by atoms with Crippen molar-refractivity contribution in [3.05, 3.63) is 70.9 Å². The third-order valence-electron chi connectivity index (χ3n) is 4.41. The minimum atomic E-state index is -0.563. The van der Waals surface area contributed by atoms with Crippen LogP contribution in [0.3, 0.4) is 0 Å². The predicted molar refractivity (Wildman–Crippen MR) is 133 cm³/mol. The van der Waals surface area contributed by atoms with E-state index in [9.17, 15) is 9.59 Å². The number of para-hydroxylation sites is 1. The van der Waals surface area contributed by atoms with Crippen LogP contribution in [0.1, 0.15) is 36.7 Å². The number of ether oxygens (including phenoxy) is 1. The molecule has 0 radical (unpaired) electrons. The molecule has 0 spiro atoms. The number of aromatic nitrogens is 2. The Morgan fingerprint density at radius 1 is 1.06 bits per heavy atom. The molecule has 34 heavy (non-hydrogen) atoms. The number of anilines is 4. The number of benzene rings is 2. The summed E-state index contributed by atoms with van der Waals surface area (Å²) in [5.74, 6) is 0.420. The summed E-state index contributed by atoms with van der Waals surface area (Å²) in [4.78, 5) is 32.7. The lowest BCUT2D eigenvalue weighted by molar-refractivity contribution is 0.0523. The molecule has 2 amide bonds. The quantitative estimate of drug-likeness (QED) is 0.374. The molecule has 1 aromatic heterocycles. The van der Waals surface area contributed by atoms with E-state index in [1.165, 1.54) is 6.20 Å². The van der Waals surface area contributed by atoms with Gasteiger partial charge in [0, 0.05) is 19.3 Å². The Kier molecular flexibility index (Phi) is 7.91. The van der Waals surface area contributed by atoms with Crippen LogP contribution in [-0.4, -0.2) is 34.6 Å². The fourth-order valence-corrected chi connectivity index (χ4v) is 3.08. The lowest BCUT2D eigenvalue weighted by atomic mass is 10.1. The summed E-state index contributed by atoms with van der Waals surface area (Å²) in [6, 6.07) is 14.5. The largest absolute Gasteiger partial charge is 0.444 e. The molecule has 0 saturated carbocycles. The molecule has 0 saturated heterocycles. The number of amides is 2. The summed E-state index contributed by atoms with van der Waals surface area (Å²) in [7, 11) is 1.57. The number of nitrogens with zero attached hydrogens (tertiary/aromatic N) is 2. The molecule has 178 valence electrons. The molecule has 10 heteroatoms. The number of rotatable bonds is 7. The van der Waals surface area contributed by atoms with Crippen molar-refractivity contribution in [3.63, 3.8) is 0 Å². The average molecular weight is 483 g/mol. The molecule has 0 unspecified atom stereocenters. The monoisotopic (exact) mass is 482 g/mol. The van der Waals surface area contributed by atoms with Gasteiger partial charge in [-0.3, -0.25) is 4.79 Å². The number of nitrogens with one attached hydrogen (secondary N) is 4. The van der Waals surface area contributed by atoms with Gasteiger partial charge in [0.25, 0.3) is 5.91 Å². The van der Waals surface area contributed by atoms with Gasteiger partial charge in [-0.1, -0.05) is 35.9 Å². The zero-order chi connectivity index (χ0) is 24.7. The maximum atomic E-state index is 12.1. The van der Waals surface area contributed by atoms with Gasteiger partial charge in [0.05, 0.1) is 17.4 Å². The third-order valence-corrected chi connectivity index (χ3v) is 4.69. The van der Waals surface area contributed by atoms with E-state index in [1.807, 2.05) is 45.0 Å². The number of carbonyl (C=O) groups is 2. The average Bonchev–Trinajstić information content (AvgIpc) is 2.79. The van der Waals surface area contributed by atoms with Gasteiger partial charge in [-0.2, -0.15) is 4.98 Å². The maximum Gasteiger partial charge on any atom is 0.407 e. The van der Waals surface area contributed by atoms with Crippen LogP contribution in [0.2, 0.25) is 5.02 Å². The van der Waals surface area contributed by atoms with Gasteiger partial charge in [-0.15, -0.1) is 0 Å². The van der Waals surface area contributed by atoms with Crippen molar-refractivity contribution in [1.29, 1.82) is 0 Å². The summed E-state index contributed by atoms with van der Waals surface area (Å²) in [6.45, 7) is 5.73. The van der Waals surface area contributed by atoms with Crippen LogP contribution in [0.25, 0.3) is 0 Å². The lowest BCUT2D eigenvalue weighted by Crippen LogP contribution is -2.32. The van der Waals surface area contributed by atoms with Gasteiger partial charge >= 0.3 is 6.09 Å². The molecule has 0 aliphatic carbocycles. The first-order chi connectivity index (χ1) is 16.1. The topological polar surface area (TPSA) is 117 Å². The standard InChI is InChI=1S/C24H27ClN6O3/c1-24(2,3)34-23(33)28-13-15-8-7-9-16(12-15)29-22-27-14-18(25)20(31-22)30-19-11-6-5-10-17(19)21(32)26-4/h5-12,14H,13H2,1-4H3,(H,26,32)(H,28,33)(H2,27,29,30,31). The van der Waals surface area contributed by atoms with Crippen LogP contribution >= 0.6 is 11.6 Å². The molecule has 0 fully saturated rings. The Morgan fingerprint density at radius 2 is 1.82 bits per heavy atom. The minimum absolute atomic E-state index is 0.233. The van der Waals surface area contributed by atoms with E-state index >= 15 is 0 Å². The van der Waals surface area contributed by atoms with Crippen molar-refractivity contribution in [2.45, 2.75) is 32.9 Å². The van der Waals surface area contributed by atoms with Crippen LogP contribution in [0.5, 0.6) is 0 Å². The Labute approximate surface area is 203 Å². The molecule has 0 aliphatic heterocycles. The van der Waals surface area contributed by atoms with Gasteiger partial charge in [0.1, 0.15) is 10.6 Å². The normalized spacial score (nSPS) is 10.9. The third kappa shape index (κ3) is 7.08. The molecule has 3 aromatic rings. The SMILES string of the molecule is CNC(=O)c1ccccc1Nc1nc(Nc2cccc(CNC(=O)OC(C)(C)C)c2)ncc1Cl. The molecular weight excluding hydrogens is 456 g/mol. The van der Waals surface area contributed by atoms with Crippen molar-refractivity contribution in [2.75, 3.05) is 17.7 Å². The molecule has 1 heterocycles. The minimum Gasteiger partial charge on any atom is -0.444 e. The summed E-state index contributed by atoms with van der Waals surface area (Å²) < 4.78 is 5.26. The Hall–Kier alpha value is -3.85. The van der Waals surface area contributed by atoms with E-state index in [1.54, 1.807) is 31.3 Å². The van der Waals surface area contributed by atoms with Crippen LogP contribution in [0, 0.1) is 0 Å². The zero-order valence-electron chi connectivity index (χ0n) is 19.4. The highest BCUT2D eigenvalue weighted by atomic mass is 35.5. The van der Waals surface area contributed by atoms with Crippen LogP contribution in [0.4, 0.5) is 27.9 Å². The Balaban J connectivity index is 1.72. The van der Waals surface area contributed by atoms with E-state index in [2.05, 4.69) is 31.2 Å². The lowest BCUT2D eigenvalue weighted by Gasteiger charge is -2.19. The number of carbonyl (C=O) groups excluding carboxylic acids is 2. The highest BCUT2D eigenvalue weighted by Gasteiger charge is 2.16. The number of hydrogen-bond acceptors (Lipinski definition) is 7. The molecule has 0 atom stereocenters. The fraction of sp³-hybridized carbons (Fsp3) is 0.250. The molecule has 3 rings (SSSR count). The maximum absolute atomic E-state index is 12.1. The van der Waals surface area contributed by atoms with Crippen LogP contribution in [0.15, 0.2) is 54.7 Å². The molecule has 9 nitrogen and oxygen atoms in total. The summed E-state index contributed by atoms with van der Waals surface area (Å²) >= 11 is 6.29. The van der Waals surface area contributed by atoms with Gasteiger partial charge in [0.2, 0.25) is 5.95 Å². The Morgan fingerprint density at radius 3 is 2.56 bits per heavy atom. The second-order valence-electron chi connectivity index (χ2n) is 8.32. The van der Waals surface area contributed by atoms with Crippen LogP contribution in [-0.2, 0) is 11.3 Å². The van der Waals surface area contributed by atoms with Crippen LogP contribution < -0.4 is 21.3 Å². The molecule has 2 aromatic carbocycles. The van der Waals surface area contributed by atoms with Crippen molar-refractivity contribution in [3.8, 4) is 0 Å².